The predicted octanol–water partition coefficient (Wildman–Crippen LogP) is 3.51. The van der Waals surface area contributed by atoms with Crippen molar-refractivity contribution in [2.75, 3.05) is 17.1 Å². The average molecular weight is 398 g/mol. The van der Waals surface area contributed by atoms with Crippen LogP contribution >= 0.6 is 0 Å². The lowest BCUT2D eigenvalue weighted by atomic mass is 10.2. The third-order valence-electron chi connectivity index (χ3n) is 4.05. The van der Waals surface area contributed by atoms with Crippen molar-refractivity contribution in [3.8, 4) is 5.75 Å². The van der Waals surface area contributed by atoms with Crippen molar-refractivity contribution in [1.29, 1.82) is 0 Å². The summed E-state index contributed by atoms with van der Waals surface area (Å²) in [4.78, 5) is 8.37. The number of hydrogen-bond donors (Lipinski definition) is 2. The molecule has 2 aromatic carbocycles. The normalized spacial score (nSPS) is 11.1. The largest absolute Gasteiger partial charge is 0.496 e. The van der Waals surface area contributed by atoms with Gasteiger partial charge in [0.1, 0.15) is 5.75 Å². The first-order chi connectivity index (χ1) is 13.4. The summed E-state index contributed by atoms with van der Waals surface area (Å²) in [5.74, 6) is 0.864. The maximum absolute atomic E-state index is 12.6. The quantitative estimate of drug-likeness (QED) is 0.633. The molecule has 0 aliphatic carbocycles. The first-order valence-corrected chi connectivity index (χ1v) is 10.2. The summed E-state index contributed by atoms with van der Waals surface area (Å²) in [5, 5.41) is 3.26. The number of anilines is 2. The molecular weight excluding hydrogens is 376 g/mol. The molecule has 0 saturated heterocycles. The number of nitrogens with zero attached hydrogens (tertiary/aromatic N) is 2. The Hall–Kier alpha value is -3.13. The van der Waals surface area contributed by atoms with E-state index in [0.717, 1.165) is 17.0 Å². The molecule has 8 heteroatoms. The summed E-state index contributed by atoms with van der Waals surface area (Å²) in [6.07, 6.45) is 0. The molecule has 1 aromatic heterocycles. The number of sulfonamides is 1. The highest BCUT2D eigenvalue weighted by molar-refractivity contribution is 7.92. The molecule has 146 valence electrons. The van der Waals surface area contributed by atoms with E-state index < -0.39 is 10.0 Å². The zero-order valence-electron chi connectivity index (χ0n) is 15.9. The molecule has 0 unspecified atom stereocenters. The van der Waals surface area contributed by atoms with Gasteiger partial charge in [-0.2, -0.15) is 0 Å². The van der Waals surface area contributed by atoms with Crippen LogP contribution in [0.5, 0.6) is 5.75 Å². The van der Waals surface area contributed by atoms with E-state index in [4.69, 9.17) is 4.74 Å². The van der Waals surface area contributed by atoms with Gasteiger partial charge in [-0.1, -0.05) is 18.2 Å². The molecule has 3 rings (SSSR count). The van der Waals surface area contributed by atoms with E-state index in [1.165, 1.54) is 12.1 Å². The zero-order chi connectivity index (χ0) is 20.1. The Balaban J connectivity index is 1.70. The fourth-order valence-corrected chi connectivity index (χ4v) is 3.69. The van der Waals surface area contributed by atoms with Crippen molar-refractivity contribution in [2.45, 2.75) is 25.3 Å². The lowest BCUT2D eigenvalue weighted by molar-refractivity contribution is 0.410. The average Bonchev–Trinajstić information content (AvgIpc) is 2.65. The first kappa shape index (κ1) is 19.6. The van der Waals surface area contributed by atoms with Crippen LogP contribution in [0, 0.1) is 13.8 Å². The molecule has 0 bridgehead atoms. The summed E-state index contributed by atoms with van der Waals surface area (Å²) in [6, 6.07) is 16.0. The van der Waals surface area contributed by atoms with E-state index in [2.05, 4.69) is 20.0 Å². The Morgan fingerprint density at radius 3 is 2.25 bits per heavy atom. The van der Waals surface area contributed by atoms with Gasteiger partial charge < -0.3 is 10.1 Å². The van der Waals surface area contributed by atoms with Gasteiger partial charge in [0.15, 0.2) is 0 Å². The minimum Gasteiger partial charge on any atom is -0.496 e. The number of rotatable bonds is 7. The SMILES string of the molecule is COc1ccccc1CNc1ccc(S(=O)(=O)Nc2nc(C)cc(C)n2)cc1. The smallest absolute Gasteiger partial charge is 0.264 e. The van der Waals surface area contributed by atoms with Crippen molar-refractivity contribution in [2.24, 2.45) is 0 Å². The van der Waals surface area contributed by atoms with Crippen LogP contribution in [0.25, 0.3) is 0 Å². The van der Waals surface area contributed by atoms with Crippen LogP contribution in [-0.2, 0) is 16.6 Å². The highest BCUT2D eigenvalue weighted by atomic mass is 32.2. The number of nitrogens with one attached hydrogen (secondary N) is 2. The number of methoxy groups -OCH3 is 1. The minimum atomic E-state index is -3.76. The molecule has 1 heterocycles. The van der Waals surface area contributed by atoms with Gasteiger partial charge in [-0.3, -0.25) is 0 Å². The molecule has 0 spiro atoms. The second-order valence-electron chi connectivity index (χ2n) is 6.27. The lowest BCUT2D eigenvalue weighted by Crippen LogP contribution is -2.15. The van der Waals surface area contributed by atoms with E-state index in [1.54, 1.807) is 39.2 Å². The lowest BCUT2D eigenvalue weighted by Gasteiger charge is -2.11. The summed E-state index contributed by atoms with van der Waals surface area (Å²) >= 11 is 0. The number of aryl methyl sites for hydroxylation is 2. The second kappa shape index (κ2) is 8.26. The van der Waals surface area contributed by atoms with E-state index >= 15 is 0 Å². The van der Waals surface area contributed by atoms with Gasteiger partial charge in [-0.25, -0.2) is 23.1 Å². The maximum Gasteiger partial charge on any atom is 0.264 e. The minimum absolute atomic E-state index is 0.0656. The fourth-order valence-electron chi connectivity index (χ4n) is 2.75. The van der Waals surface area contributed by atoms with E-state index in [-0.39, 0.29) is 10.8 Å². The molecular formula is C20H22N4O3S. The van der Waals surface area contributed by atoms with Crippen LogP contribution in [0.15, 0.2) is 59.5 Å². The van der Waals surface area contributed by atoms with Crippen molar-refractivity contribution >= 4 is 21.7 Å². The summed E-state index contributed by atoms with van der Waals surface area (Å²) < 4.78 is 32.9. The topological polar surface area (TPSA) is 93.2 Å². The van der Waals surface area contributed by atoms with Gasteiger partial charge in [0.05, 0.1) is 12.0 Å². The Bertz CT molecular complexity index is 1050. The van der Waals surface area contributed by atoms with Crippen molar-refractivity contribution < 1.29 is 13.2 Å². The molecule has 2 N–H and O–H groups in total. The zero-order valence-corrected chi connectivity index (χ0v) is 16.7. The van der Waals surface area contributed by atoms with Gasteiger partial charge in [0, 0.05) is 29.2 Å². The molecule has 0 amide bonds. The molecule has 0 aliphatic rings. The molecule has 0 saturated carbocycles. The number of hydrogen-bond acceptors (Lipinski definition) is 6. The van der Waals surface area contributed by atoms with Crippen LogP contribution in [0.4, 0.5) is 11.6 Å². The van der Waals surface area contributed by atoms with Gasteiger partial charge in [0.2, 0.25) is 5.95 Å². The molecule has 0 aliphatic heterocycles. The highest BCUT2D eigenvalue weighted by Gasteiger charge is 2.16. The van der Waals surface area contributed by atoms with Gasteiger partial charge in [0.25, 0.3) is 10.0 Å². The van der Waals surface area contributed by atoms with Crippen molar-refractivity contribution in [1.82, 2.24) is 9.97 Å². The van der Waals surface area contributed by atoms with Crippen LogP contribution in [0.1, 0.15) is 17.0 Å². The van der Waals surface area contributed by atoms with Crippen LogP contribution in [0.2, 0.25) is 0 Å². The van der Waals surface area contributed by atoms with Crippen LogP contribution in [0.3, 0.4) is 0 Å². The monoisotopic (exact) mass is 398 g/mol. The molecule has 0 radical (unpaired) electrons. The molecule has 7 nitrogen and oxygen atoms in total. The standard InChI is InChI=1S/C20H22N4O3S/c1-14-12-15(2)23-20(22-14)24-28(25,26)18-10-8-17(9-11-18)21-13-16-6-4-5-7-19(16)27-3/h4-12,21H,13H2,1-3H3,(H,22,23,24). The summed E-state index contributed by atoms with van der Waals surface area (Å²) in [5.41, 5.74) is 3.20. The van der Waals surface area contributed by atoms with Gasteiger partial charge >= 0.3 is 0 Å². The Labute approximate surface area is 164 Å². The van der Waals surface area contributed by atoms with Gasteiger partial charge in [-0.05, 0) is 50.2 Å². The molecule has 0 fully saturated rings. The van der Waals surface area contributed by atoms with Crippen LogP contribution < -0.4 is 14.8 Å². The van der Waals surface area contributed by atoms with E-state index in [1.807, 2.05) is 24.3 Å². The fraction of sp³-hybridized carbons (Fsp3) is 0.200. The maximum atomic E-state index is 12.6. The first-order valence-electron chi connectivity index (χ1n) is 8.68. The molecule has 0 atom stereocenters. The number of benzene rings is 2. The number of ether oxygens (including phenoxy) is 1. The van der Waals surface area contributed by atoms with Crippen molar-refractivity contribution in [3.05, 3.63) is 71.5 Å². The van der Waals surface area contributed by atoms with Gasteiger partial charge in [-0.15, -0.1) is 0 Å². The van der Waals surface area contributed by atoms with E-state index in [0.29, 0.717) is 17.9 Å². The Morgan fingerprint density at radius 2 is 1.61 bits per heavy atom. The molecule has 3 aromatic rings. The third-order valence-corrected chi connectivity index (χ3v) is 5.39. The number of para-hydroxylation sites is 1. The number of aromatic nitrogens is 2. The molecule has 28 heavy (non-hydrogen) atoms. The Kier molecular flexibility index (Phi) is 5.79. The summed E-state index contributed by atoms with van der Waals surface area (Å²) in [7, 11) is -2.13. The summed E-state index contributed by atoms with van der Waals surface area (Å²) in [6.45, 7) is 4.13. The third kappa shape index (κ3) is 4.77. The highest BCUT2D eigenvalue weighted by Crippen LogP contribution is 2.21. The Morgan fingerprint density at radius 1 is 0.964 bits per heavy atom. The second-order valence-corrected chi connectivity index (χ2v) is 7.95. The predicted molar refractivity (Wildman–Crippen MR) is 109 cm³/mol. The van der Waals surface area contributed by atoms with Crippen LogP contribution in [-0.4, -0.2) is 25.5 Å². The van der Waals surface area contributed by atoms with Crippen molar-refractivity contribution in [3.63, 3.8) is 0 Å². The van der Waals surface area contributed by atoms with E-state index in [9.17, 15) is 8.42 Å².